The number of anilines is 3. The molecule has 1 amide bonds. The molecule has 0 spiro atoms. The van der Waals surface area contributed by atoms with Crippen LogP contribution in [0.25, 0.3) is 0 Å². The van der Waals surface area contributed by atoms with Crippen LogP contribution < -0.4 is 21.1 Å². The number of carbonyl (C=O) groups excluding carboxylic acids is 1. The van der Waals surface area contributed by atoms with Crippen LogP contribution in [-0.4, -0.2) is 34.4 Å². The van der Waals surface area contributed by atoms with Gasteiger partial charge < -0.3 is 30.8 Å². The van der Waals surface area contributed by atoms with Crippen LogP contribution >= 0.6 is 11.3 Å². The van der Waals surface area contributed by atoms with E-state index in [0.29, 0.717) is 42.3 Å². The number of nitro groups is 1. The number of hydrogen-bond acceptors (Lipinski definition) is 9. The molecule has 2 aromatic carbocycles. The number of nitrogens with zero attached hydrogens (tertiary/aromatic N) is 3. The summed E-state index contributed by atoms with van der Waals surface area (Å²) in [5.74, 6) is -0.516. The third-order valence-corrected chi connectivity index (χ3v) is 6.16. The van der Waals surface area contributed by atoms with Crippen LogP contribution in [0.2, 0.25) is 0 Å². The molecule has 0 bridgehead atoms. The summed E-state index contributed by atoms with van der Waals surface area (Å²) >= 11 is 1.23. The third-order valence-electron chi connectivity index (χ3n) is 5.08. The zero-order valence-corrected chi connectivity index (χ0v) is 18.9. The first-order valence-corrected chi connectivity index (χ1v) is 11.0. The van der Waals surface area contributed by atoms with Gasteiger partial charge in [-0.25, -0.2) is 14.7 Å². The first-order valence-electron chi connectivity index (χ1n) is 10.2. The van der Waals surface area contributed by atoms with Gasteiger partial charge in [-0.1, -0.05) is 0 Å². The molecule has 10 nitrogen and oxygen atoms in total. The average molecular weight is 485 g/mol. The van der Waals surface area contributed by atoms with Crippen LogP contribution in [0.4, 0.5) is 21.5 Å². The summed E-state index contributed by atoms with van der Waals surface area (Å²) in [6, 6.07) is 10.2. The van der Waals surface area contributed by atoms with Crippen molar-refractivity contribution in [1.82, 2.24) is 9.88 Å². The number of fused-ring (bicyclic) bond motifs is 1. The lowest BCUT2D eigenvalue weighted by Gasteiger charge is -2.24. The van der Waals surface area contributed by atoms with Gasteiger partial charge in [0.1, 0.15) is 17.3 Å². The van der Waals surface area contributed by atoms with E-state index < -0.39 is 16.6 Å². The summed E-state index contributed by atoms with van der Waals surface area (Å²) in [4.78, 5) is 30.8. The smallest absolute Gasteiger partial charge is 0.337 e. The highest BCUT2D eigenvalue weighted by molar-refractivity contribution is 7.13. The molecule has 0 fully saturated rings. The number of methoxy groups -OCH3 is 1. The van der Waals surface area contributed by atoms with Crippen molar-refractivity contribution in [3.63, 3.8) is 0 Å². The van der Waals surface area contributed by atoms with Gasteiger partial charge in [0.2, 0.25) is 0 Å². The van der Waals surface area contributed by atoms with E-state index in [1.54, 1.807) is 23.1 Å². The predicted octanol–water partition coefficient (Wildman–Crippen LogP) is 3.67. The fraction of sp³-hybridized carbons (Fsp3) is 0.182. The lowest BCUT2D eigenvalue weighted by molar-refractivity contribution is -0.423. The average Bonchev–Trinajstić information content (AvgIpc) is 3.25. The van der Waals surface area contributed by atoms with Crippen LogP contribution in [-0.2, 0) is 13.0 Å². The maximum atomic E-state index is 13.1. The van der Waals surface area contributed by atoms with Gasteiger partial charge >= 0.3 is 5.82 Å². The van der Waals surface area contributed by atoms with E-state index in [1.807, 2.05) is 0 Å². The largest absolute Gasteiger partial charge is 0.497 e. The number of carbonyl (C=O) groups is 1. The van der Waals surface area contributed by atoms with Gasteiger partial charge in [-0.3, -0.25) is 4.79 Å². The van der Waals surface area contributed by atoms with Crippen LogP contribution in [0.1, 0.15) is 20.4 Å². The van der Waals surface area contributed by atoms with E-state index in [-0.39, 0.29) is 10.8 Å². The lowest BCUT2D eigenvalue weighted by Crippen LogP contribution is -2.27. The molecule has 0 unspecified atom stereocenters. The molecule has 1 aliphatic rings. The maximum absolute atomic E-state index is 13.1. The minimum absolute atomic E-state index is 0.244. The second-order valence-electron chi connectivity index (χ2n) is 7.42. The fourth-order valence-electron chi connectivity index (χ4n) is 3.35. The molecule has 4 rings (SSSR count). The van der Waals surface area contributed by atoms with E-state index in [2.05, 4.69) is 15.6 Å². The molecule has 2 heterocycles. The van der Waals surface area contributed by atoms with Crippen LogP contribution in [0.15, 0.2) is 54.5 Å². The van der Waals surface area contributed by atoms with E-state index in [9.17, 15) is 19.3 Å². The monoisotopic (exact) mass is 484 g/mol. The van der Waals surface area contributed by atoms with E-state index in [0.717, 1.165) is 10.6 Å². The van der Waals surface area contributed by atoms with Gasteiger partial charge in [-0.15, -0.1) is 11.3 Å². The zero-order chi connectivity index (χ0) is 24.2. The van der Waals surface area contributed by atoms with Crippen LogP contribution in [0.3, 0.4) is 0 Å². The van der Waals surface area contributed by atoms with Crippen molar-refractivity contribution >= 4 is 34.3 Å². The molecule has 34 heavy (non-hydrogen) atoms. The van der Waals surface area contributed by atoms with Crippen molar-refractivity contribution in [2.75, 3.05) is 30.0 Å². The normalized spacial score (nSPS) is 13.2. The second-order valence-corrected chi connectivity index (χ2v) is 8.50. The van der Waals surface area contributed by atoms with Gasteiger partial charge in [0.05, 0.1) is 36.9 Å². The molecular weight excluding hydrogens is 463 g/mol. The molecule has 1 aliphatic heterocycles. The van der Waals surface area contributed by atoms with Crippen LogP contribution in [0.5, 0.6) is 5.75 Å². The Morgan fingerprint density at radius 2 is 2.06 bits per heavy atom. The molecular formula is C22H21FN6O4S. The van der Waals surface area contributed by atoms with Crippen molar-refractivity contribution in [2.24, 2.45) is 0 Å². The number of hydrogen-bond donors (Lipinski definition) is 3. The number of benzene rings is 2. The van der Waals surface area contributed by atoms with E-state index >= 15 is 0 Å². The number of amides is 1. The molecule has 176 valence electrons. The summed E-state index contributed by atoms with van der Waals surface area (Å²) in [6.07, 6.45) is 1.93. The highest BCUT2D eigenvalue weighted by Gasteiger charge is 2.24. The number of aromatic nitrogens is 1. The molecule has 0 atom stereocenters. The Bertz CT molecular complexity index is 1260. The second kappa shape index (κ2) is 9.75. The molecule has 4 N–H and O–H groups in total. The number of ether oxygens (including phenoxy) is 1. The Hall–Kier alpha value is -4.19. The number of halogens is 1. The van der Waals surface area contributed by atoms with Gasteiger partial charge in [0.25, 0.3) is 5.91 Å². The molecule has 0 saturated carbocycles. The first-order chi connectivity index (χ1) is 16.3. The van der Waals surface area contributed by atoms with Crippen molar-refractivity contribution in [3.8, 4) is 5.75 Å². The van der Waals surface area contributed by atoms with Gasteiger partial charge in [0, 0.05) is 23.9 Å². The van der Waals surface area contributed by atoms with Crippen molar-refractivity contribution in [3.05, 3.63) is 86.0 Å². The van der Waals surface area contributed by atoms with Gasteiger partial charge in [-0.05, 0) is 41.3 Å². The minimum atomic E-state index is -0.539. The number of nitrogens with one attached hydrogen (secondary N) is 2. The summed E-state index contributed by atoms with van der Waals surface area (Å²) in [6.45, 7) is 0.854. The Labute approximate surface area is 198 Å². The van der Waals surface area contributed by atoms with Gasteiger partial charge in [-0.2, -0.15) is 0 Å². The quantitative estimate of drug-likeness (QED) is 0.263. The molecule has 1 aromatic heterocycles. The molecule has 12 heteroatoms. The minimum Gasteiger partial charge on any atom is -0.497 e. The summed E-state index contributed by atoms with van der Waals surface area (Å²) in [7, 11) is 1.52. The molecule has 3 aromatic rings. The highest BCUT2D eigenvalue weighted by atomic mass is 32.1. The Morgan fingerprint density at radius 1 is 1.29 bits per heavy atom. The van der Waals surface area contributed by atoms with Crippen LogP contribution in [0, 0.1) is 15.9 Å². The number of rotatable bonds is 7. The topological polar surface area (TPSA) is 136 Å². The van der Waals surface area contributed by atoms with E-state index in [4.69, 9.17) is 10.5 Å². The first kappa shape index (κ1) is 23.0. The summed E-state index contributed by atoms with van der Waals surface area (Å²) in [5.41, 5.74) is 7.94. The molecule has 0 aliphatic carbocycles. The Kier molecular flexibility index (Phi) is 6.59. The lowest BCUT2D eigenvalue weighted by atomic mass is 10.2. The third kappa shape index (κ3) is 5.23. The maximum Gasteiger partial charge on any atom is 0.337 e. The van der Waals surface area contributed by atoms with Crippen molar-refractivity contribution in [1.29, 1.82) is 0 Å². The van der Waals surface area contributed by atoms with Crippen molar-refractivity contribution in [2.45, 2.75) is 13.0 Å². The fourth-order valence-corrected chi connectivity index (χ4v) is 4.38. The van der Waals surface area contributed by atoms with E-state index in [1.165, 1.54) is 48.9 Å². The predicted molar refractivity (Wildman–Crippen MR) is 127 cm³/mol. The Balaban J connectivity index is 1.47. The van der Waals surface area contributed by atoms with Crippen molar-refractivity contribution < 1.29 is 18.8 Å². The summed E-state index contributed by atoms with van der Waals surface area (Å²) < 4.78 is 18.3. The SMILES string of the molecule is COc1ccc(N)c(NC(=O)c2nc3c(s2)CN(C=C(Nc2ccc(F)cc2)[N+](=O)[O-])CC3)c1. The molecule has 0 radical (unpaired) electrons. The number of thiazole rings is 1. The Morgan fingerprint density at radius 3 is 2.76 bits per heavy atom. The van der Waals surface area contributed by atoms with Gasteiger partial charge in [0.15, 0.2) is 5.01 Å². The highest BCUT2D eigenvalue weighted by Crippen LogP contribution is 2.29. The molecule has 0 saturated heterocycles. The summed E-state index contributed by atoms with van der Waals surface area (Å²) in [5, 5.41) is 17.2. The zero-order valence-electron chi connectivity index (χ0n) is 18.1. The number of nitrogen functional groups attached to an aromatic ring is 1. The number of nitrogens with two attached hydrogens (primary N) is 1. The standard InChI is InChI=1S/C22H21FN6O4S/c1-33-15-6-7-16(24)18(10-15)26-21(30)22-27-17-8-9-28(11-19(17)34-22)12-20(29(31)32)25-14-4-2-13(23)3-5-14/h2-7,10,12,25H,8-9,11,24H2,1H3,(H,26,30).